The van der Waals surface area contributed by atoms with Crippen LogP contribution in [-0.4, -0.2) is 17.4 Å². The van der Waals surface area contributed by atoms with Crippen molar-refractivity contribution >= 4 is 11.6 Å². The highest BCUT2D eigenvalue weighted by molar-refractivity contribution is 6.01. The molecule has 108 valence electrons. The van der Waals surface area contributed by atoms with Gasteiger partial charge in [0.15, 0.2) is 0 Å². The quantitative estimate of drug-likeness (QED) is 0.922. The third-order valence-electron chi connectivity index (χ3n) is 3.97. The number of aryl methyl sites for hydroxylation is 1. The van der Waals surface area contributed by atoms with Crippen molar-refractivity contribution in [2.75, 3.05) is 11.9 Å². The minimum atomic E-state index is -0.0893. The fourth-order valence-electron chi connectivity index (χ4n) is 2.90. The SMILES string of the molecule is CCCN1C(=O)c2ccccc2NC1c1ccccc1C. The van der Waals surface area contributed by atoms with Crippen LogP contribution in [0, 0.1) is 6.92 Å². The lowest BCUT2D eigenvalue weighted by Crippen LogP contribution is -2.43. The van der Waals surface area contributed by atoms with Crippen LogP contribution < -0.4 is 5.32 Å². The van der Waals surface area contributed by atoms with Gasteiger partial charge in [0.25, 0.3) is 5.91 Å². The molecule has 1 N–H and O–H groups in total. The molecule has 1 aliphatic heterocycles. The Balaban J connectivity index is 2.07. The summed E-state index contributed by atoms with van der Waals surface area (Å²) in [5.74, 6) is 0.111. The number of para-hydroxylation sites is 1. The number of fused-ring (bicyclic) bond motifs is 1. The zero-order valence-corrected chi connectivity index (χ0v) is 12.5. The lowest BCUT2D eigenvalue weighted by Gasteiger charge is -2.38. The van der Waals surface area contributed by atoms with Gasteiger partial charge in [0, 0.05) is 12.2 Å². The van der Waals surface area contributed by atoms with Gasteiger partial charge in [0.1, 0.15) is 6.17 Å². The molecule has 0 spiro atoms. The second-order valence-corrected chi connectivity index (χ2v) is 5.45. The summed E-state index contributed by atoms with van der Waals surface area (Å²) in [7, 11) is 0. The molecule has 1 heterocycles. The van der Waals surface area contributed by atoms with Crippen LogP contribution in [0.3, 0.4) is 0 Å². The van der Waals surface area contributed by atoms with E-state index in [2.05, 4.69) is 31.3 Å². The average molecular weight is 280 g/mol. The van der Waals surface area contributed by atoms with Gasteiger partial charge in [0.2, 0.25) is 0 Å². The van der Waals surface area contributed by atoms with Gasteiger partial charge >= 0.3 is 0 Å². The van der Waals surface area contributed by atoms with Gasteiger partial charge in [0.05, 0.1) is 5.56 Å². The third kappa shape index (κ3) is 2.40. The monoisotopic (exact) mass is 280 g/mol. The maximum absolute atomic E-state index is 12.8. The standard InChI is InChI=1S/C18H20N2O/c1-3-12-20-17(14-9-5-4-8-13(14)2)19-16-11-7-6-10-15(16)18(20)21/h4-11,17,19H,3,12H2,1-2H3. The Morgan fingerprint density at radius 1 is 1.10 bits per heavy atom. The van der Waals surface area contributed by atoms with Crippen LogP contribution in [0.1, 0.15) is 41.0 Å². The fraction of sp³-hybridized carbons (Fsp3) is 0.278. The van der Waals surface area contributed by atoms with E-state index in [-0.39, 0.29) is 12.1 Å². The topological polar surface area (TPSA) is 32.3 Å². The Labute approximate surface area is 125 Å². The van der Waals surface area contributed by atoms with Gasteiger partial charge < -0.3 is 10.2 Å². The lowest BCUT2D eigenvalue weighted by atomic mass is 10.00. The number of nitrogens with zero attached hydrogens (tertiary/aromatic N) is 1. The highest BCUT2D eigenvalue weighted by Gasteiger charge is 2.32. The smallest absolute Gasteiger partial charge is 0.257 e. The first-order valence-electron chi connectivity index (χ1n) is 7.44. The van der Waals surface area contributed by atoms with Crippen LogP contribution >= 0.6 is 0 Å². The largest absolute Gasteiger partial charge is 0.361 e. The molecule has 0 aromatic heterocycles. The summed E-state index contributed by atoms with van der Waals surface area (Å²) in [5.41, 5.74) is 4.04. The number of benzene rings is 2. The first kappa shape index (κ1) is 13.7. The first-order chi connectivity index (χ1) is 10.2. The van der Waals surface area contributed by atoms with Gasteiger partial charge in [-0.1, -0.05) is 43.3 Å². The maximum atomic E-state index is 12.8. The van der Waals surface area contributed by atoms with Gasteiger partial charge in [-0.05, 0) is 36.6 Å². The molecular weight excluding hydrogens is 260 g/mol. The van der Waals surface area contributed by atoms with Crippen LogP contribution in [0.5, 0.6) is 0 Å². The Morgan fingerprint density at radius 2 is 1.81 bits per heavy atom. The number of hydrogen-bond acceptors (Lipinski definition) is 2. The molecule has 0 saturated carbocycles. The van der Waals surface area contributed by atoms with E-state index in [1.54, 1.807) is 0 Å². The van der Waals surface area contributed by atoms with Gasteiger partial charge in [-0.15, -0.1) is 0 Å². The Hall–Kier alpha value is -2.29. The molecule has 1 unspecified atom stereocenters. The van der Waals surface area contributed by atoms with Crippen molar-refractivity contribution in [3.8, 4) is 0 Å². The molecule has 0 bridgehead atoms. The summed E-state index contributed by atoms with van der Waals surface area (Å²) in [6, 6.07) is 16.0. The number of nitrogens with one attached hydrogen (secondary N) is 1. The summed E-state index contributed by atoms with van der Waals surface area (Å²) in [6.45, 7) is 4.94. The lowest BCUT2D eigenvalue weighted by molar-refractivity contribution is 0.0683. The number of carbonyl (C=O) groups is 1. The second-order valence-electron chi connectivity index (χ2n) is 5.45. The summed E-state index contributed by atoms with van der Waals surface area (Å²) >= 11 is 0. The van der Waals surface area contributed by atoms with Crippen LogP contribution in [0.15, 0.2) is 48.5 Å². The Morgan fingerprint density at radius 3 is 2.57 bits per heavy atom. The van der Waals surface area contributed by atoms with Crippen molar-refractivity contribution < 1.29 is 4.79 Å². The highest BCUT2D eigenvalue weighted by atomic mass is 16.2. The van der Waals surface area contributed by atoms with E-state index >= 15 is 0 Å². The summed E-state index contributed by atoms with van der Waals surface area (Å²) in [5, 5.41) is 3.52. The number of hydrogen-bond donors (Lipinski definition) is 1. The van der Waals surface area contributed by atoms with Crippen molar-refractivity contribution in [1.82, 2.24) is 4.90 Å². The van der Waals surface area contributed by atoms with E-state index < -0.39 is 0 Å². The summed E-state index contributed by atoms with van der Waals surface area (Å²) in [6.07, 6.45) is 0.853. The Kier molecular flexibility index (Phi) is 3.65. The Bertz CT molecular complexity index is 666. The zero-order chi connectivity index (χ0) is 14.8. The van der Waals surface area contributed by atoms with E-state index in [1.807, 2.05) is 41.3 Å². The molecular formula is C18H20N2O. The van der Waals surface area contributed by atoms with E-state index in [1.165, 1.54) is 5.56 Å². The van der Waals surface area contributed by atoms with E-state index in [4.69, 9.17) is 0 Å². The van der Waals surface area contributed by atoms with Crippen LogP contribution in [0.25, 0.3) is 0 Å². The minimum absolute atomic E-state index is 0.0893. The van der Waals surface area contributed by atoms with Crippen molar-refractivity contribution in [2.45, 2.75) is 26.4 Å². The number of amides is 1. The van der Waals surface area contributed by atoms with Gasteiger partial charge in [-0.25, -0.2) is 0 Å². The normalized spacial score (nSPS) is 17.3. The molecule has 0 radical (unpaired) electrons. The molecule has 2 aromatic carbocycles. The van der Waals surface area contributed by atoms with Crippen LogP contribution in [-0.2, 0) is 0 Å². The summed E-state index contributed by atoms with van der Waals surface area (Å²) < 4.78 is 0. The van der Waals surface area contributed by atoms with Crippen molar-refractivity contribution in [1.29, 1.82) is 0 Å². The number of rotatable bonds is 3. The zero-order valence-electron chi connectivity index (χ0n) is 12.5. The number of carbonyl (C=O) groups excluding carboxylic acids is 1. The van der Waals surface area contributed by atoms with E-state index in [9.17, 15) is 4.79 Å². The van der Waals surface area contributed by atoms with Gasteiger partial charge in [-0.2, -0.15) is 0 Å². The first-order valence-corrected chi connectivity index (χ1v) is 7.44. The van der Waals surface area contributed by atoms with Crippen molar-refractivity contribution in [2.24, 2.45) is 0 Å². The molecule has 21 heavy (non-hydrogen) atoms. The molecule has 1 aliphatic rings. The molecule has 2 aromatic rings. The van der Waals surface area contributed by atoms with E-state index in [0.717, 1.165) is 29.8 Å². The number of anilines is 1. The van der Waals surface area contributed by atoms with Crippen molar-refractivity contribution in [3.63, 3.8) is 0 Å². The molecule has 0 saturated heterocycles. The van der Waals surface area contributed by atoms with Crippen LogP contribution in [0.4, 0.5) is 5.69 Å². The second kappa shape index (κ2) is 5.60. The third-order valence-corrected chi connectivity index (χ3v) is 3.97. The predicted octanol–water partition coefficient (Wildman–Crippen LogP) is 3.97. The van der Waals surface area contributed by atoms with Crippen LogP contribution in [0.2, 0.25) is 0 Å². The summed E-state index contributed by atoms with van der Waals surface area (Å²) in [4.78, 5) is 14.7. The predicted molar refractivity (Wildman–Crippen MR) is 85.3 cm³/mol. The van der Waals surface area contributed by atoms with Crippen molar-refractivity contribution in [3.05, 3.63) is 65.2 Å². The fourth-order valence-corrected chi connectivity index (χ4v) is 2.90. The average Bonchev–Trinajstić information content (AvgIpc) is 2.51. The van der Waals surface area contributed by atoms with E-state index in [0.29, 0.717) is 0 Å². The minimum Gasteiger partial charge on any atom is -0.361 e. The molecule has 0 aliphatic carbocycles. The molecule has 1 atom stereocenters. The molecule has 3 nitrogen and oxygen atoms in total. The molecule has 1 amide bonds. The molecule has 3 rings (SSSR count). The molecule has 3 heteroatoms. The molecule has 0 fully saturated rings. The highest BCUT2D eigenvalue weighted by Crippen LogP contribution is 2.34. The maximum Gasteiger partial charge on any atom is 0.257 e. The van der Waals surface area contributed by atoms with Gasteiger partial charge in [-0.3, -0.25) is 4.79 Å².